The lowest BCUT2D eigenvalue weighted by atomic mass is 10.1. The maximum Gasteiger partial charge on any atom is 0.166 e. The van der Waals surface area contributed by atoms with Gasteiger partial charge in [0.2, 0.25) is 0 Å². The van der Waals surface area contributed by atoms with E-state index in [9.17, 15) is 10.2 Å². The van der Waals surface area contributed by atoms with Crippen LogP contribution >= 0.6 is 11.6 Å². The van der Waals surface area contributed by atoms with Crippen LogP contribution in [0.2, 0.25) is 5.02 Å². The van der Waals surface area contributed by atoms with Gasteiger partial charge in [-0.25, -0.2) is 0 Å². The highest BCUT2D eigenvalue weighted by Gasteiger charge is 2.21. The van der Waals surface area contributed by atoms with E-state index in [4.69, 9.17) is 21.1 Å². The van der Waals surface area contributed by atoms with Crippen molar-refractivity contribution in [2.24, 2.45) is 0 Å². The average Bonchev–Trinajstić information content (AvgIpc) is 2.36. The van der Waals surface area contributed by atoms with Gasteiger partial charge < -0.3 is 19.7 Å². The van der Waals surface area contributed by atoms with E-state index in [0.29, 0.717) is 28.5 Å². The molecule has 0 amide bonds. The number of benzene rings is 1. The molecule has 0 aliphatic rings. The molecule has 1 atom stereocenters. The highest BCUT2D eigenvalue weighted by Crippen LogP contribution is 2.35. The Morgan fingerprint density at radius 1 is 1.39 bits per heavy atom. The fraction of sp³-hybridized carbons (Fsp3) is 0.538. The molecule has 0 bridgehead atoms. The van der Waals surface area contributed by atoms with Crippen LogP contribution < -0.4 is 9.47 Å². The first-order chi connectivity index (χ1) is 8.43. The van der Waals surface area contributed by atoms with E-state index >= 15 is 0 Å². The van der Waals surface area contributed by atoms with E-state index in [1.807, 2.05) is 6.92 Å². The number of rotatable bonds is 6. The van der Waals surface area contributed by atoms with Crippen molar-refractivity contribution in [3.05, 3.63) is 22.7 Å². The van der Waals surface area contributed by atoms with Gasteiger partial charge >= 0.3 is 0 Å². The van der Waals surface area contributed by atoms with Gasteiger partial charge in [-0.3, -0.25) is 0 Å². The summed E-state index contributed by atoms with van der Waals surface area (Å²) in [4.78, 5) is 0. The molecular weight excluding hydrogens is 256 g/mol. The smallest absolute Gasteiger partial charge is 0.166 e. The Hall–Kier alpha value is -0.970. The van der Waals surface area contributed by atoms with E-state index in [2.05, 4.69) is 0 Å². The summed E-state index contributed by atoms with van der Waals surface area (Å²) in [5.74, 6) is 0.858. The summed E-state index contributed by atoms with van der Waals surface area (Å²) < 4.78 is 10.7. The molecule has 4 nitrogen and oxygen atoms in total. The number of hydrogen-bond acceptors (Lipinski definition) is 4. The highest BCUT2D eigenvalue weighted by molar-refractivity contribution is 6.30. The Morgan fingerprint density at radius 3 is 2.56 bits per heavy atom. The summed E-state index contributed by atoms with van der Waals surface area (Å²) in [5.41, 5.74) is -0.386. The first kappa shape index (κ1) is 15.1. The minimum Gasteiger partial charge on any atom is -0.493 e. The molecular formula is C13H19ClO4. The van der Waals surface area contributed by atoms with Crippen molar-refractivity contribution in [2.75, 3.05) is 13.7 Å². The van der Waals surface area contributed by atoms with E-state index in [1.54, 1.807) is 19.1 Å². The van der Waals surface area contributed by atoms with Gasteiger partial charge in [-0.2, -0.15) is 0 Å². The predicted octanol–water partition coefficient (Wildman–Crippen LogP) is 2.38. The van der Waals surface area contributed by atoms with Crippen LogP contribution in [0.4, 0.5) is 0 Å². The lowest BCUT2D eigenvalue weighted by Gasteiger charge is -2.23. The molecule has 0 saturated carbocycles. The number of halogens is 1. The SMILES string of the molecule is CCC(C)(O)COc1c(CO)cc(Cl)cc1OC. The molecule has 5 heteroatoms. The molecule has 1 aromatic rings. The van der Waals surface area contributed by atoms with Crippen LogP contribution in [0, 0.1) is 0 Å². The highest BCUT2D eigenvalue weighted by atomic mass is 35.5. The molecule has 1 aromatic carbocycles. The number of hydrogen-bond donors (Lipinski definition) is 2. The molecule has 1 rings (SSSR count). The van der Waals surface area contributed by atoms with Gasteiger partial charge in [-0.05, 0) is 19.4 Å². The number of ether oxygens (including phenoxy) is 2. The Bertz CT molecular complexity index is 379. The second-order valence-electron chi connectivity index (χ2n) is 4.39. The van der Waals surface area contributed by atoms with E-state index in [1.165, 1.54) is 7.11 Å². The standard InChI is InChI=1S/C13H19ClO4/c1-4-13(2,16)8-18-12-9(7-15)5-10(14)6-11(12)17-3/h5-6,15-16H,4,7-8H2,1-3H3. The second kappa shape index (κ2) is 6.27. The zero-order chi connectivity index (χ0) is 13.8. The molecule has 0 fully saturated rings. The predicted molar refractivity (Wildman–Crippen MR) is 70.3 cm³/mol. The van der Waals surface area contributed by atoms with Gasteiger partial charge in [-0.1, -0.05) is 18.5 Å². The minimum absolute atomic E-state index is 0.120. The molecule has 0 spiro atoms. The zero-order valence-corrected chi connectivity index (χ0v) is 11.6. The molecule has 18 heavy (non-hydrogen) atoms. The number of methoxy groups -OCH3 is 1. The van der Waals surface area contributed by atoms with Crippen molar-refractivity contribution in [3.63, 3.8) is 0 Å². The van der Waals surface area contributed by atoms with Crippen LogP contribution in [0.25, 0.3) is 0 Å². The van der Waals surface area contributed by atoms with E-state index in [0.717, 1.165) is 0 Å². The normalized spacial score (nSPS) is 14.1. The Labute approximate surface area is 112 Å². The van der Waals surface area contributed by atoms with Crippen molar-refractivity contribution >= 4 is 11.6 Å². The summed E-state index contributed by atoms with van der Waals surface area (Å²) in [6.07, 6.45) is 0.567. The molecule has 0 heterocycles. The Kier molecular flexibility index (Phi) is 5.26. The molecule has 0 radical (unpaired) electrons. The van der Waals surface area contributed by atoms with Crippen molar-refractivity contribution in [3.8, 4) is 11.5 Å². The second-order valence-corrected chi connectivity index (χ2v) is 4.83. The number of aliphatic hydroxyl groups excluding tert-OH is 1. The van der Waals surface area contributed by atoms with Crippen molar-refractivity contribution < 1.29 is 19.7 Å². The summed E-state index contributed by atoms with van der Waals surface area (Å²) in [7, 11) is 1.50. The van der Waals surface area contributed by atoms with Gasteiger partial charge in [0.25, 0.3) is 0 Å². The zero-order valence-electron chi connectivity index (χ0n) is 10.9. The largest absolute Gasteiger partial charge is 0.493 e. The van der Waals surface area contributed by atoms with Gasteiger partial charge in [0, 0.05) is 16.7 Å². The third kappa shape index (κ3) is 3.77. The van der Waals surface area contributed by atoms with Crippen LogP contribution in [0.15, 0.2) is 12.1 Å². The van der Waals surface area contributed by atoms with Gasteiger partial charge in [0.15, 0.2) is 11.5 Å². The molecule has 0 aliphatic heterocycles. The molecule has 2 N–H and O–H groups in total. The first-order valence-electron chi connectivity index (χ1n) is 5.76. The van der Waals surface area contributed by atoms with Crippen LogP contribution in [0.5, 0.6) is 11.5 Å². The van der Waals surface area contributed by atoms with Crippen molar-refractivity contribution in [1.29, 1.82) is 0 Å². The van der Waals surface area contributed by atoms with Crippen molar-refractivity contribution in [2.45, 2.75) is 32.5 Å². The maximum atomic E-state index is 9.91. The molecule has 102 valence electrons. The lowest BCUT2D eigenvalue weighted by molar-refractivity contribution is 0.00710. The van der Waals surface area contributed by atoms with Crippen LogP contribution in [-0.4, -0.2) is 29.5 Å². The van der Waals surface area contributed by atoms with E-state index in [-0.39, 0.29) is 13.2 Å². The molecule has 0 aromatic heterocycles. The van der Waals surface area contributed by atoms with Gasteiger partial charge in [0.05, 0.1) is 19.3 Å². The average molecular weight is 275 g/mol. The summed E-state index contributed by atoms with van der Waals surface area (Å²) in [6, 6.07) is 3.22. The third-order valence-corrected chi connectivity index (χ3v) is 2.99. The first-order valence-corrected chi connectivity index (χ1v) is 6.13. The fourth-order valence-electron chi connectivity index (χ4n) is 1.39. The summed E-state index contributed by atoms with van der Waals surface area (Å²) in [6.45, 7) is 3.47. The van der Waals surface area contributed by atoms with Crippen LogP contribution in [0.1, 0.15) is 25.8 Å². The topological polar surface area (TPSA) is 58.9 Å². The third-order valence-electron chi connectivity index (χ3n) is 2.78. The number of aliphatic hydroxyl groups is 2. The van der Waals surface area contributed by atoms with Crippen LogP contribution in [0.3, 0.4) is 0 Å². The van der Waals surface area contributed by atoms with Crippen molar-refractivity contribution in [1.82, 2.24) is 0 Å². The quantitative estimate of drug-likeness (QED) is 0.836. The lowest BCUT2D eigenvalue weighted by Crippen LogP contribution is -2.31. The molecule has 0 saturated heterocycles. The summed E-state index contributed by atoms with van der Waals surface area (Å²) >= 11 is 5.90. The Balaban J connectivity index is 2.99. The van der Waals surface area contributed by atoms with Gasteiger partial charge in [-0.15, -0.1) is 0 Å². The minimum atomic E-state index is -0.919. The maximum absolute atomic E-state index is 9.91. The summed E-state index contributed by atoms with van der Waals surface area (Å²) in [5, 5.41) is 19.7. The van der Waals surface area contributed by atoms with Crippen LogP contribution in [-0.2, 0) is 6.61 Å². The molecule has 0 aliphatic carbocycles. The Morgan fingerprint density at radius 2 is 2.06 bits per heavy atom. The fourth-order valence-corrected chi connectivity index (χ4v) is 1.62. The monoisotopic (exact) mass is 274 g/mol. The molecule has 1 unspecified atom stereocenters. The van der Waals surface area contributed by atoms with E-state index < -0.39 is 5.60 Å². The van der Waals surface area contributed by atoms with Gasteiger partial charge in [0.1, 0.15) is 6.61 Å².